The average Bonchev–Trinajstić information content (AvgIpc) is 3.00. The predicted molar refractivity (Wildman–Crippen MR) is 101 cm³/mol. The SMILES string of the molecule is Cc1cnc(NCC[C@H]2CCOC23CN(Cc2cccc(C)n2)C3)nc1. The van der Waals surface area contributed by atoms with E-state index in [4.69, 9.17) is 4.74 Å². The van der Waals surface area contributed by atoms with Crippen LogP contribution in [-0.2, 0) is 11.3 Å². The van der Waals surface area contributed by atoms with Crippen molar-refractivity contribution < 1.29 is 4.74 Å². The lowest BCUT2D eigenvalue weighted by Crippen LogP contribution is -2.64. The van der Waals surface area contributed by atoms with E-state index in [0.717, 1.165) is 62.6 Å². The number of rotatable bonds is 6. The summed E-state index contributed by atoms with van der Waals surface area (Å²) in [4.78, 5) is 15.7. The fourth-order valence-electron chi connectivity index (χ4n) is 4.12. The summed E-state index contributed by atoms with van der Waals surface area (Å²) in [5.74, 6) is 1.31. The first-order valence-corrected chi connectivity index (χ1v) is 9.44. The van der Waals surface area contributed by atoms with Crippen LogP contribution in [0.5, 0.6) is 0 Å². The van der Waals surface area contributed by atoms with Crippen LogP contribution >= 0.6 is 0 Å². The number of aromatic nitrogens is 3. The summed E-state index contributed by atoms with van der Waals surface area (Å²) in [7, 11) is 0. The van der Waals surface area contributed by atoms with E-state index in [9.17, 15) is 0 Å². The lowest BCUT2D eigenvalue weighted by Gasteiger charge is -2.50. The van der Waals surface area contributed by atoms with E-state index < -0.39 is 0 Å². The highest BCUT2D eigenvalue weighted by Crippen LogP contribution is 2.42. The lowest BCUT2D eigenvalue weighted by molar-refractivity contribution is -0.136. The van der Waals surface area contributed by atoms with Gasteiger partial charge in [-0.1, -0.05) is 6.07 Å². The molecule has 0 radical (unpaired) electrons. The van der Waals surface area contributed by atoms with Gasteiger partial charge in [-0.15, -0.1) is 0 Å². The number of likely N-dealkylation sites (tertiary alicyclic amines) is 1. The summed E-state index contributed by atoms with van der Waals surface area (Å²) in [5, 5.41) is 3.34. The van der Waals surface area contributed by atoms with Crippen LogP contribution in [0.15, 0.2) is 30.6 Å². The Morgan fingerprint density at radius 1 is 1.23 bits per heavy atom. The van der Waals surface area contributed by atoms with Gasteiger partial charge in [0.2, 0.25) is 5.95 Å². The van der Waals surface area contributed by atoms with Gasteiger partial charge in [-0.2, -0.15) is 0 Å². The third-order valence-electron chi connectivity index (χ3n) is 5.47. The van der Waals surface area contributed by atoms with Crippen molar-refractivity contribution in [3.05, 3.63) is 47.5 Å². The molecule has 6 nitrogen and oxygen atoms in total. The number of nitrogens with one attached hydrogen (secondary N) is 1. The van der Waals surface area contributed by atoms with E-state index in [0.29, 0.717) is 11.9 Å². The molecule has 0 unspecified atom stereocenters. The highest BCUT2D eigenvalue weighted by Gasteiger charge is 2.52. The Hall–Kier alpha value is -2.05. The Labute approximate surface area is 155 Å². The summed E-state index contributed by atoms with van der Waals surface area (Å²) < 4.78 is 6.18. The van der Waals surface area contributed by atoms with Crippen molar-refractivity contribution in [3.63, 3.8) is 0 Å². The second kappa shape index (κ2) is 7.29. The zero-order valence-corrected chi connectivity index (χ0v) is 15.6. The predicted octanol–water partition coefficient (Wildman–Crippen LogP) is 2.58. The van der Waals surface area contributed by atoms with Crippen molar-refractivity contribution in [2.45, 2.75) is 38.8 Å². The van der Waals surface area contributed by atoms with Gasteiger partial charge in [0.1, 0.15) is 0 Å². The average molecular weight is 353 g/mol. The largest absolute Gasteiger partial charge is 0.372 e. The highest BCUT2D eigenvalue weighted by atomic mass is 16.5. The van der Waals surface area contributed by atoms with Crippen LogP contribution in [0.3, 0.4) is 0 Å². The van der Waals surface area contributed by atoms with Crippen LogP contribution < -0.4 is 5.32 Å². The van der Waals surface area contributed by atoms with E-state index >= 15 is 0 Å². The molecule has 1 atom stereocenters. The van der Waals surface area contributed by atoms with Crippen molar-refractivity contribution in [3.8, 4) is 0 Å². The van der Waals surface area contributed by atoms with Crippen LogP contribution in [0.25, 0.3) is 0 Å². The van der Waals surface area contributed by atoms with Gasteiger partial charge in [-0.05, 0) is 50.3 Å². The number of aryl methyl sites for hydroxylation is 2. The van der Waals surface area contributed by atoms with Gasteiger partial charge in [0, 0.05) is 50.9 Å². The number of hydrogen-bond acceptors (Lipinski definition) is 6. The maximum absolute atomic E-state index is 6.18. The quantitative estimate of drug-likeness (QED) is 0.861. The molecule has 2 aromatic heterocycles. The second-order valence-electron chi connectivity index (χ2n) is 7.61. The second-order valence-corrected chi connectivity index (χ2v) is 7.61. The van der Waals surface area contributed by atoms with E-state index in [1.807, 2.05) is 32.3 Å². The molecule has 2 saturated heterocycles. The van der Waals surface area contributed by atoms with Gasteiger partial charge < -0.3 is 10.1 Å². The number of anilines is 1. The van der Waals surface area contributed by atoms with Gasteiger partial charge in [-0.25, -0.2) is 9.97 Å². The third-order valence-corrected chi connectivity index (χ3v) is 5.47. The molecule has 138 valence electrons. The molecular weight excluding hydrogens is 326 g/mol. The van der Waals surface area contributed by atoms with Crippen molar-refractivity contribution in [2.75, 3.05) is 31.6 Å². The van der Waals surface area contributed by atoms with E-state index in [-0.39, 0.29) is 5.60 Å². The maximum Gasteiger partial charge on any atom is 0.222 e. The number of pyridine rings is 1. The topological polar surface area (TPSA) is 63.2 Å². The molecule has 0 saturated carbocycles. The van der Waals surface area contributed by atoms with Gasteiger partial charge in [0.25, 0.3) is 0 Å². The number of nitrogens with zero attached hydrogens (tertiary/aromatic N) is 4. The molecule has 4 heterocycles. The fraction of sp³-hybridized carbons (Fsp3) is 0.550. The summed E-state index contributed by atoms with van der Waals surface area (Å²) in [6.07, 6.45) is 5.93. The molecule has 6 heteroatoms. The molecule has 1 N–H and O–H groups in total. The molecule has 0 amide bonds. The minimum Gasteiger partial charge on any atom is -0.372 e. The molecule has 0 aromatic carbocycles. The van der Waals surface area contributed by atoms with Crippen LogP contribution in [0.1, 0.15) is 29.8 Å². The van der Waals surface area contributed by atoms with Gasteiger partial charge in [0.05, 0.1) is 11.3 Å². The van der Waals surface area contributed by atoms with Crippen molar-refractivity contribution in [1.29, 1.82) is 0 Å². The third kappa shape index (κ3) is 3.71. The van der Waals surface area contributed by atoms with Crippen molar-refractivity contribution in [1.82, 2.24) is 19.9 Å². The van der Waals surface area contributed by atoms with Gasteiger partial charge in [-0.3, -0.25) is 9.88 Å². The van der Waals surface area contributed by atoms with E-state index in [1.54, 1.807) is 0 Å². The molecule has 0 bridgehead atoms. The zero-order valence-electron chi connectivity index (χ0n) is 15.6. The van der Waals surface area contributed by atoms with Crippen LogP contribution in [0.4, 0.5) is 5.95 Å². The summed E-state index contributed by atoms with van der Waals surface area (Å²) in [6.45, 7) is 8.73. The summed E-state index contributed by atoms with van der Waals surface area (Å²) >= 11 is 0. The van der Waals surface area contributed by atoms with E-state index in [1.165, 1.54) is 0 Å². The Balaban J connectivity index is 1.27. The van der Waals surface area contributed by atoms with E-state index in [2.05, 4.69) is 37.3 Å². The van der Waals surface area contributed by atoms with Crippen LogP contribution in [0, 0.1) is 19.8 Å². The monoisotopic (exact) mass is 353 g/mol. The molecule has 2 aliphatic rings. The first-order valence-electron chi connectivity index (χ1n) is 9.44. The number of hydrogen-bond donors (Lipinski definition) is 1. The number of ether oxygens (including phenoxy) is 1. The molecule has 2 aliphatic heterocycles. The molecular formula is C20H27N5O. The smallest absolute Gasteiger partial charge is 0.222 e. The Kier molecular flexibility index (Phi) is 4.87. The minimum atomic E-state index is 0.0413. The van der Waals surface area contributed by atoms with Crippen LogP contribution in [-0.4, -0.2) is 51.7 Å². The maximum atomic E-state index is 6.18. The zero-order chi connectivity index (χ0) is 18.0. The molecule has 2 fully saturated rings. The minimum absolute atomic E-state index is 0.0413. The van der Waals surface area contributed by atoms with Gasteiger partial charge >= 0.3 is 0 Å². The summed E-state index contributed by atoms with van der Waals surface area (Å²) in [6, 6.07) is 6.24. The normalized spacial score (nSPS) is 21.7. The van der Waals surface area contributed by atoms with Crippen molar-refractivity contribution in [2.24, 2.45) is 5.92 Å². The Morgan fingerprint density at radius 2 is 2.04 bits per heavy atom. The molecule has 4 rings (SSSR count). The fourth-order valence-corrected chi connectivity index (χ4v) is 4.12. The first-order chi connectivity index (χ1) is 12.6. The standard InChI is InChI=1S/C20H27N5O/c1-15-10-22-19(23-11-15)21-8-6-17-7-9-26-20(17)13-25(14-20)12-18-5-3-4-16(2)24-18/h3-5,10-11,17H,6-9,12-14H2,1-2H3,(H,21,22,23)/t17-/m0/s1. The van der Waals surface area contributed by atoms with Gasteiger partial charge in [0.15, 0.2) is 0 Å². The highest BCUT2D eigenvalue weighted by molar-refractivity contribution is 5.24. The molecule has 0 aliphatic carbocycles. The Morgan fingerprint density at radius 3 is 2.81 bits per heavy atom. The van der Waals surface area contributed by atoms with Crippen LogP contribution in [0.2, 0.25) is 0 Å². The first kappa shape index (κ1) is 17.4. The van der Waals surface area contributed by atoms with Crippen molar-refractivity contribution >= 4 is 5.95 Å². The summed E-state index contributed by atoms with van der Waals surface area (Å²) in [5.41, 5.74) is 3.35. The molecule has 1 spiro atoms. The molecule has 2 aromatic rings. The molecule has 26 heavy (non-hydrogen) atoms. The lowest BCUT2D eigenvalue weighted by atomic mass is 9.79. The Bertz CT molecular complexity index is 742.